The Bertz CT molecular complexity index is 138. The van der Waals surface area contributed by atoms with Gasteiger partial charge >= 0.3 is 0 Å². The molecule has 0 fully saturated rings. The molecule has 0 aromatic heterocycles. The van der Waals surface area contributed by atoms with E-state index in [1.165, 1.54) is 0 Å². The molecular formula is C12H27NO3. The Morgan fingerprint density at radius 1 is 1.06 bits per heavy atom. The first-order valence-electron chi connectivity index (χ1n) is 6.36. The van der Waals surface area contributed by atoms with Gasteiger partial charge in [-0.3, -0.25) is 0 Å². The summed E-state index contributed by atoms with van der Waals surface area (Å²) in [4.78, 5) is 0. The van der Waals surface area contributed by atoms with Gasteiger partial charge < -0.3 is 19.9 Å². The van der Waals surface area contributed by atoms with Crippen molar-refractivity contribution in [2.45, 2.75) is 52.4 Å². The van der Waals surface area contributed by atoms with E-state index in [0.717, 1.165) is 25.8 Å². The molecule has 0 saturated heterocycles. The molecule has 0 heterocycles. The Kier molecular flexibility index (Phi) is 11.2. The van der Waals surface area contributed by atoms with Crippen LogP contribution in [-0.4, -0.2) is 43.8 Å². The van der Waals surface area contributed by atoms with Gasteiger partial charge in [-0.05, 0) is 20.3 Å². The molecule has 0 aromatic rings. The van der Waals surface area contributed by atoms with E-state index in [0.29, 0.717) is 19.8 Å². The fourth-order valence-electron chi connectivity index (χ4n) is 1.51. The van der Waals surface area contributed by atoms with Crippen LogP contribution in [0.4, 0.5) is 0 Å². The standard InChI is InChI=1S/C12H27NO3/c1-4-7-11(14)10-13-9-8-12(15-5-2)16-6-3/h11-14H,4-10H2,1-3H3. The summed E-state index contributed by atoms with van der Waals surface area (Å²) in [5.74, 6) is 0. The molecule has 98 valence electrons. The van der Waals surface area contributed by atoms with Gasteiger partial charge in [0.2, 0.25) is 0 Å². The predicted molar refractivity (Wildman–Crippen MR) is 65.4 cm³/mol. The third kappa shape index (κ3) is 9.09. The molecule has 0 aromatic carbocycles. The summed E-state index contributed by atoms with van der Waals surface area (Å²) in [7, 11) is 0. The van der Waals surface area contributed by atoms with Crippen LogP contribution in [0.25, 0.3) is 0 Å². The Labute approximate surface area is 99.3 Å². The second kappa shape index (κ2) is 11.3. The maximum atomic E-state index is 9.50. The SMILES string of the molecule is CCCC(O)CNCCC(OCC)OCC. The van der Waals surface area contributed by atoms with Crippen LogP contribution < -0.4 is 5.32 Å². The van der Waals surface area contributed by atoms with Crippen molar-refractivity contribution in [1.82, 2.24) is 5.32 Å². The minimum atomic E-state index is -0.234. The maximum absolute atomic E-state index is 9.50. The fourth-order valence-corrected chi connectivity index (χ4v) is 1.51. The van der Waals surface area contributed by atoms with Crippen LogP contribution in [0.3, 0.4) is 0 Å². The third-order valence-electron chi connectivity index (χ3n) is 2.26. The number of nitrogens with one attached hydrogen (secondary N) is 1. The van der Waals surface area contributed by atoms with Gasteiger partial charge in [-0.2, -0.15) is 0 Å². The summed E-state index contributed by atoms with van der Waals surface area (Å²) >= 11 is 0. The largest absolute Gasteiger partial charge is 0.392 e. The van der Waals surface area contributed by atoms with Crippen molar-refractivity contribution < 1.29 is 14.6 Å². The van der Waals surface area contributed by atoms with Crippen molar-refractivity contribution >= 4 is 0 Å². The maximum Gasteiger partial charge on any atom is 0.158 e. The highest BCUT2D eigenvalue weighted by Crippen LogP contribution is 2.00. The first kappa shape index (κ1) is 15.8. The molecule has 0 rings (SSSR count). The molecule has 2 N–H and O–H groups in total. The third-order valence-corrected chi connectivity index (χ3v) is 2.26. The van der Waals surface area contributed by atoms with Crippen LogP contribution in [-0.2, 0) is 9.47 Å². The second-order valence-electron chi connectivity index (χ2n) is 3.78. The Balaban J connectivity index is 3.45. The molecule has 0 saturated carbocycles. The van der Waals surface area contributed by atoms with E-state index in [9.17, 15) is 5.11 Å². The molecular weight excluding hydrogens is 206 g/mol. The van der Waals surface area contributed by atoms with Gasteiger partial charge in [0.25, 0.3) is 0 Å². The van der Waals surface area contributed by atoms with Crippen molar-refractivity contribution in [3.8, 4) is 0 Å². The molecule has 4 heteroatoms. The number of hydrogen-bond donors (Lipinski definition) is 2. The molecule has 0 bridgehead atoms. The topological polar surface area (TPSA) is 50.7 Å². The van der Waals surface area contributed by atoms with Crippen LogP contribution >= 0.6 is 0 Å². The van der Waals surface area contributed by atoms with Crippen LogP contribution in [0.15, 0.2) is 0 Å². The summed E-state index contributed by atoms with van der Waals surface area (Å²) < 4.78 is 10.8. The number of hydrogen-bond acceptors (Lipinski definition) is 4. The van der Waals surface area contributed by atoms with E-state index in [1.807, 2.05) is 13.8 Å². The Morgan fingerprint density at radius 3 is 2.19 bits per heavy atom. The van der Waals surface area contributed by atoms with Gasteiger partial charge in [0.1, 0.15) is 0 Å². The average Bonchev–Trinajstić information content (AvgIpc) is 2.25. The highest BCUT2D eigenvalue weighted by molar-refractivity contribution is 4.59. The van der Waals surface area contributed by atoms with Gasteiger partial charge in [0.05, 0.1) is 6.10 Å². The number of rotatable bonds is 11. The van der Waals surface area contributed by atoms with Crippen molar-refractivity contribution in [3.05, 3.63) is 0 Å². The second-order valence-corrected chi connectivity index (χ2v) is 3.78. The van der Waals surface area contributed by atoms with E-state index in [4.69, 9.17) is 9.47 Å². The molecule has 16 heavy (non-hydrogen) atoms. The number of aliphatic hydroxyl groups excluding tert-OH is 1. The summed E-state index contributed by atoms with van der Waals surface area (Å²) in [5, 5.41) is 12.7. The average molecular weight is 233 g/mol. The van der Waals surface area contributed by atoms with Crippen LogP contribution in [0.1, 0.15) is 40.0 Å². The van der Waals surface area contributed by atoms with Crippen molar-refractivity contribution in [2.75, 3.05) is 26.3 Å². The molecule has 0 aliphatic rings. The van der Waals surface area contributed by atoms with Crippen LogP contribution in [0.2, 0.25) is 0 Å². The molecule has 1 unspecified atom stereocenters. The minimum Gasteiger partial charge on any atom is -0.392 e. The van der Waals surface area contributed by atoms with E-state index in [-0.39, 0.29) is 12.4 Å². The van der Waals surface area contributed by atoms with Gasteiger partial charge in [0.15, 0.2) is 6.29 Å². The lowest BCUT2D eigenvalue weighted by Gasteiger charge is -2.17. The highest BCUT2D eigenvalue weighted by atomic mass is 16.7. The monoisotopic (exact) mass is 233 g/mol. The lowest BCUT2D eigenvalue weighted by Crippen LogP contribution is -2.30. The van der Waals surface area contributed by atoms with Crippen molar-refractivity contribution in [3.63, 3.8) is 0 Å². The van der Waals surface area contributed by atoms with Crippen molar-refractivity contribution in [1.29, 1.82) is 0 Å². The fraction of sp³-hybridized carbons (Fsp3) is 1.00. The Hall–Kier alpha value is -0.160. The van der Waals surface area contributed by atoms with E-state index in [1.54, 1.807) is 0 Å². The summed E-state index contributed by atoms with van der Waals surface area (Å²) in [5.41, 5.74) is 0. The zero-order chi connectivity index (χ0) is 12.2. The highest BCUT2D eigenvalue weighted by Gasteiger charge is 2.07. The summed E-state index contributed by atoms with van der Waals surface area (Å²) in [6, 6.07) is 0. The first-order chi connectivity index (χ1) is 7.74. The zero-order valence-electron chi connectivity index (χ0n) is 10.9. The minimum absolute atomic E-state index is 0.120. The Morgan fingerprint density at radius 2 is 1.69 bits per heavy atom. The van der Waals surface area contributed by atoms with Gasteiger partial charge in [-0.15, -0.1) is 0 Å². The first-order valence-corrected chi connectivity index (χ1v) is 6.36. The summed E-state index contributed by atoms with van der Waals surface area (Å²) in [6.45, 7) is 8.80. The van der Waals surface area contributed by atoms with Crippen LogP contribution in [0, 0.1) is 0 Å². The van der Waals surface area contributed by atoms with E-state index in [2.05, 4.69) is 12.2 Å². The molecule has 0 radical (unpaired) electrons. The van der Waals surface area contributed by atoms with Gasteiger partial charge in [0, 0.05) is 32.7 Å². The molecule has 0 spiro atoms. The molecule has 0 aliphatic heterocycles. The lowest BCUT2D eigenvalue weighted by molar-refractivity contribution is -0.138. The summed E-state index contributed by atoms with van der Waals surface area (Å²) in [6.07, 6.45) is 2.34. The quantitative estimate of drug-likeness (QED) is 0.420. The zero-order valence-corrected chi connectivity index (χ0v) is 10.9. The molecule has 4 nitrogen and oxygen atoms in total. The predicted octanol–water partition coefficient (Wildman–Crippen LogP) is 1.53. The molecule has 0 amide bonds. The number of aliphatic hydroxyl groups is 1. The molecule has 0 aliphatic carbocycles. The van der Waals surface area contributed by atoms with Crippen LogP contribution in [0.5, 0.6) is 0 Å². The number of ether oxygens (including phenoxy) is 2. The van der Waals surface area contributed by atoms with E-state index < -0.39 is 0 Å². The van der Waals surface area contributed by atoms with E-state index >= 15 is 0 Å². The smallest absolute Gasteiger partial charge is 0.158 e. The normalized spacial score (nSPS) is 13.3. The van der Waals surface area contributed by atoms with Crippen molar-refractivity contribution in [2.24, 2.45) is 0 Å². The van der Waals surface area contributed by atoms with Gasteiger partial charge in [-0.25, -0.2) is 0 Å². The lowest BCUT2D eigenvalue weighted by atomic mass is 10.2. The molecule has 1 atom stereocenters. The van der Waals surface area contributed by atoms with Gasteiger partial charge in [-0.1, -0.05) is 13.3 Å².